The fourth-order valence-electron chi connectivity index (χ4n) is 2.69. The molecule has 1 aliphatic rings. The molecule has 1 unspecified atom stereocenters. The van der Waals surface area contributed by atoms with Crippen LogP contribution in [0.4, 0.5) is 4.79 Å². The first-order chi connectivity index (χ1) is 9.83. The van der Waals surface area contributed by atoms with Gasteiger partial charge in [0.25, 0.3) is 0 Å². The second-order valence-electron chi connectivity index (χ2n) is 6.48. The molecule has 1 aromatic heterocycles. The average molecular weight is 295 g/mol. The van der Waals surface area contributed by atoms with E-state index in [1.54, 1.807) is 4.90 Å². The smallest absolute Gasteiger partial charge is 0.410 e. The van der Waals surface area contributed by atoms with Crippen LogP contribution < -0.4 is 5.73 Å². The zero-order chi connectivity index (χ0) is 15.6. The molecule has 0 spiro atoms. The molecule has 1 amide bonds. The summed E-state index contributed by atoms with van der Waals surface area (Å²) in [6.07, 6.45) is 2.22. The number of rotatable bonds is 3. The van der Waals surface area contributed by atoms with Gasteiger partial charge in [0.1, 0.15) is 5.60 Å². The van der Waals surface area contributed by atoms with E-state index in [2.05, 4.69) is 5.16 Å². The summed E-state index contributed by atoms with van der Waals surface area (Å²) in [4.78, 5) is 14.1. The van der Waals surface area contributed by atoms with E-state index in [4.69, 9.17) is 15.0 Å². The summed E-state index contributed by atoms with van der Waals surface area (Å²) < 4.78 is 11.0. The molecule has 0 bridgehead atoms. The highest BCUT2D eigenvalue weighted by Crippen LogP contribution is 2.36. The number of hydrogen-bond acceptors (Lipinski definition) is 5. The third-order valence-corrected chi connectivity index (χ3v) is 3.59. The first kappa shape index (κ1) is 15.8. The maximum atomic E-state index is 12.3. The highest BCUT2D eigenvalue weighted by molar-refractivity contribution is 5.69. The van der Waals surface area contributed by atoms with Crippen molar-refractivity contribution in [3.8, 4) is 0 Å². The number of carbonyl (C=O) groups excluding carboxylic acids is 1. The van der Waals surface area contributed by atoms with Crippen molar-refractivity contribution in [3.63, 3.8) is 0 Å². The van der Waals surface area contributed by atoms with Gasteiger partial charge in [-0.15, -0.1) is 0 Å². The molecular weight excluding hydrogens is 270 g/mol. The van der Waals surface area contributed by atoms with E-state index >= 15 is 0 Å². The lowest BCUT2D eigenvalue weighted by Gasteiger charge is -2.27. The minimum absolute atomic E-state index is 0.0948. The molecule has 2 N–H and O–H groups in total. The largest absolute Gasteiger partial charge is 0.444 e. The molecule has 2 heterocycles. The SMILES string of the molecule is Cc1noc(C2CCCN2C(=O)OC(C)(C)C)c1CCN. The molecule has 0 saturated carbocycles. The predicted octanol–water partition coefficient (Wildman–Crippen LogP) is 2.56. The molecule has 1 saturated heterocycles. The van der Waals surface area contributed by atoms with Crippen LogP contribution in [0, 0.1) is 6.92 Å². The minimum atomic E-state index is -0.498. The lowest BCUT2D eigenvalue weighted by Crippen LogP contribution is -2.36. The summed E-state index contributed by atoms with van der Waals surface area (Å²) in [7, 11) is 0. The Morgan fingerprint density at radius 2 is 2.24 bits per heavy atom. The van der Waals surface area contributed by atoms with Gasteiger partial charge in [0.15, 0.2) is 5.76 Å². The van der Waals surface area contributed by atoms with Crippen molar-refractivity contribution >= 4 is 6.09 Å². The molecule has 0 radical (unpaired) electrons. The van der Waals surface area contributed by atoms with Gasteiger partial charge in [-0.2, -0.15) is 0 Å². The third kappa shape index (κ3) is 3.56. The van der Waals surface area contributed by atoms with Gasteiger partial charge in [-0.05, 0) is 53.5 Å². The van der Waals surface area contributed by atoms with Crippen molar-refractivity contribution in [2.75, 3.05) is 13.1 Å². The molecule has 6 nitrogen and oxygen atoms in total. The zero-order valence-electron chi connectivity index (χ0n) is 13.3. The minimum Gasteiger partial charge on any atom is -0.444 e. The van der Waals surface area contributed by atoms with Gasteiger partial charge >= 0.3 is 6.09 Å². The number of carbonyl (C=O) groups is 1. The fraction of sp³-hybridized carbons (Fsp3) is 0.733. The Bertz CT molecular complexity index is 505. The third-order valence-electron chi connectivity index (χ3n) is 3.59. The summed E-state index contributed by atoms with van der Waals surface area (Å²) in [5, 5.41) is 4.04. The summed E-state index contributed by atoms with van der Waals surface area (Å²) >= 11 is 0. The predicted molar refractivity (Wildman–Crippen MR) is 78.9 cm³/mol. The van der Waals surface area contributed by atoms with Crippen molar-refractivity contribution in [3.05, 3.63) is 17.0 Å². The Morgan fingerprint density at radius 1 is 1.52 bits per heavy atom. The Kier molecular flexibility index (Phi) is 4.56. The van der Waals surface area contributed by atoms with Crippen LogP contribution >= 0.6 is 0 Å². The van der Waals surface area contributed by atoms with Crippen molar-refractivity contribution in [2.24, 2.45) is 5.73 Å². The Labute approximate surface area is 125 Å². The topological polar surface area (TPSA) is 81.6 Å². The second-order valence-corrected chi connectivity index (χ2v) is 6.48. The molecule has 21 heavy (non-hydrogen) atoms. The van der Waals surface area contributed by atoms with E-state index in [1.165, 1.54) is 0 Å². The number of likely N-dealkylation sites (tertiary alicyclic amines) is 1. The Balaban J connectivity index is 2.21. The molecule has 2 rings (SSSR count). The molecular formula is C15H25N3O3. The lowest BCUT2D eigenvalue weighted by molar-refractivity contribution is 0.0203. The molecule has 1 atom stereocenters. The maximum absolute atomic E-state index is 12.3. The Hall–Kier alpha value is -1.56. The van der Waals surface area contributed by atoms with Gasteiger partial charge in [0.05, 0.1) is 11.7 Å². The number of ether oxygens (including phenoxy) is 1. The standard InChI is InChI=1S/C15H25N3O3/c1-10-11(7-8-16)13(21-17-10)12-6-5-9-18(12)14(19)20-15(2,3)4/h12H,5-9,16H2,1-4H3. The van der Waals surface area contributed by atoms with Crippen LogP contribution in [0.5, 0.6) is 0 Å². The van der Waals surface area contributed by atoms with E-state index in [1.807, 2.05) is 27.7 Å². The van der Waals surface area contributed by atoms with Gasteiger partial charge in [0.2, 0.25) is 0 Å². The van der Waals surface area contributed by atoms with Gasteiger partial charge in [-0.25, -0.2) is 4.79 Å². The normalized spacial score (nSPS) is 19.1. The number of aryl methyl sites for hydroxylation is 1. The maximum Gasteiger partial charge on any atom is 0.410 e. The second kappa shape index (κ2) is 6.05. The van der Waals surface area contributed by atoms with E-state index < -0.39 is 5.60 Å². The van der Waals surface area contributed by atoms with E-state index in [0.29, 0.717) is 19.5 Å². The number of amides is 1. The summed E-state index contributed by atoms with van der Waals surface area (Å²) in [5.74, 6) is 0.765. The van der Waals surface area contributed by atoms with Crippen LogP contribution in [0.15, 0.2) is 4.52 Å². The van der Waals surface area contributed by atoms with Gasteiger partial charge in [-0.1, -0.05) is 5.16 Å². The highest BCUT2D eigenvalue weighted by atomic mass is 16.6. The Morgan fingerprint density at radius 3 is 2.86 bits per heavy atom. The van der Waals surface area contributed by atoms with Crippen molar-refractivity contribution in [2.45, 2.75) is 58.6 Å². The van der Waals surface area contributed by atoms with E-state index in [0.717, 1.165) is 29.9 Å². The monoisotopic (exact) mass is 295 g/mol. The van der Waals surface area contributed by atoms with Gasteiger partial charge in [-0.3, -0.25) is 4.90 Å². The van der Waals surface area contributed by atoms with Crippen LogP contribution in [0.1, 0.15) is 56.7 Å². The van der Waals surface area contributed by atoms with Crippen LogP contribution in [0.2, 0.25) is 0 Å². The van der Waals surface area contributed by atoms with Crippen LogP contribution in [0.25, 0.3) is 0 Å². The van der Waals surface area contributed by atoms with Crippen molar-refractivity contribution < 1.29 is 14.1 Å². The molecule has 1 aliphatic heterocycles. The number of nitrogens with two attached hydrogens (primary N) is 1. The van der Waals surface area contributed by atoms with E-state index in [9.17, 15) is 4.79 Å². The molecule has 1 fully saturated rings. The quantitative estimate of drug-likeness (QED) is 0.926. The fourth-order valence-corrected chi connectivity index (χ4v) is 2.69. The number of hydrogen-bond donors (Lipinski definition) is 1. The number of aromatic nitrogens is 1. The zero-order valence-corrected chi connectivity index (χ0v) is 13.3. The van der Waals surface area contributed by atoms with Crippen LogP contribution in [0.3, 0.4) is 0 Å². The first-order valence-corrected chi connectivity index (χ1v) is 7.48. The summed E-state index contributed by atoms with van der Waals surface area (Å²) in [5.41, 5.74) is 7.04. The van der Waals surface area contributed by atoms with Crippen molar-refractivity contribution in [1.29, 1.82) is 0 Å². The highest BCUT2D eigenvalue weighted by Gasteiger charge is 2.37. The average Bonchev–Trinajstić information content (AvgIpc) is 2.95. The molecule has 6 heteroatoms. The van der Waals surface area contributed by atoms with E-state index in [-0.39, 0.29) is 12.1 Å². The molecule has 0 aliphatic carbocycles. The number of nitrogens with zero attached hydrogens (tertiary/aromatic N) is 2. The lowest BCUT2D eigenvalue weighted by atomic mass is 10.0. The van der Waals surface area contributed by atoms with Gasteiger partial charge in [0, 0.05) is 12.1 Å². The summed E-state index contributed by atoms with van der Waals surface area (Å²) in [6, 6.07) is -0.0948. The van der Waals surface area contributed by atoms with Gasteiger partial charge < -0.3 is 15.0 Å². The first-order valence-electron chi connectivity index (χ1n) is 7.48. The molecule has 1 aromatic rings. The van der Waals surface area contributed by atoms with Crippen molar-refractivity contribution in [1.82, 2.24) is 10.1 Å². The van der Waals surface area contributed by atoms with Crippen LogP contribution in [-0.4, -0.2) is 34.8 Å². The van der Waals surface area contributed by atoms with Crippen LogP contribution in [-0.2, 0) is 11.2 Å². The molecule has 0 aromatic carbocycles. The summed E-state index contributed by atoms with van der Waals surface area (Å²) in [6.45, 7) is 8.73. The molecule has 118 valence electrons.